The number of carbonyl (C=O) groups is 2. The van der Waals surface area contributed by atoms with Crippen LogP contribution in [-0.4, -0.2) is 46.0 Å². The molecule has 2 N–H and O–H groups in total. The number of carbonyl (C=O) groups excluding carboxylic acids is 1. The molecule has 2 atom stereocenters. The number of fused-ring (bicyclic) bond motifs is 1. The van der Waals surface area contributed by atoms with Crippen molar-refractivity contribution in [3.05, 3.63) is 10.6 Å². The van der Waals surface area contributed by atoms with Crippen molar-refractivity contribution in [3.8, 4) is 0 Å². The van der Waals surface area contributed by atoms with Gasteiger partial charge in [0.15, 0.2) is 5.13 Å². The molecular weight excluding hydrogens is 290 g/mol. The zero-order valence-corrected chi connectivity index (χ0v) is 13.4. The number of rotatable bonds is 6. The number of hydrogen-bond acceptors (Lipinski definition) is 5. The Morgan fingerprint density at radius 2 is 2.14 bits per heavy atom. The van der Waals surface area contributed by atoms with Crippen LogP contribution in [0.5, 0.6) is 0 Å². The minimum atomic E-state index is -0.821. The van der Waals surface area contributed by atoms with E-state index in [-0.39, 0.29) is 11.9 Å². The summed E-state index contributed by atoms with van der Waals surface area (Å²) in [7, 11) is 0. The second kappa shape index (κ2) is 6.43. The van der Waals surface area contributed by atoms with Gasteiger partial charge in [0.25, 0.3) is 0 Å². The molecule has 1 aliphatic rings. The van der Waals surface area contributed by atoms with Crippen molar-refractivity contribution in [2.45, 2.75) is 45.6 Å². The number of aromatic nitrogens is 1. The molecule has 1 heterocycles. The number of thiazole rings is 1. The van der Waals surface area contributed by atoms with Gasteiger partial charge in [-0.3, -0.25) is 9.59 Å². The number of anilines is 1. The molecule has 0 fully saturated rings. The summed E-state index contributed by atoms with van der Waals surface area (Å²) in [4.78, 5) is 30.5. The molecule has 21 heavy (non-hydrogen) atoms. The standard InChI is InChI=1S/C14H21N3O3S/c1-4-17(5-2)12(18)8(3)15-14-16-11-9(13(19)20)6-7-10(11)21-14/h8-9H,4-7H2,1-3H3,(H,15,16)(H,19,20). The molecule has 1 aromatic heterocycles. The molecular formula is C14H21N3O3S. The fraction of sp³-hybridized carbons (Fsp3) is 0.643. The summed E-state index contributed by atoms with van der Waals surface area (Å²) in [5.74, 6) is -1.29. The molecule has 2 rings (SSSR count). The number of nitrogens with one attached hydrogen (secondary N) is 1. The lowest BCUT2D eigenvalue weighted by Crippen LogP contribution is -2.41. The van der Waals surface area contributed by atoms with E-state index in [1.807, 2.05) is 20.8 Å². The van der Waals surface area contributed by atoms with Crippen molar-refractivity contribution in [3.63, 3.8) is 0 Å². The number of aliphatic carboxylic acids is 1. The maximum atomic E-state index is 12.2. The van der Waals surface area contributed by atoms with Gasteiger partial charge in [0.05, 0.1) is 5.69 Å². The van der Waals surface area contributed by atoms with Gasteiger partial charge in [0.1, 0.15) is 12.0 Å². The molecule has 0 saturated carbocycles. The Balaban J connectivity index is 2.06. The van der Waals surface area contributed by atoms with E-state index in [0.29, 0.717) is 30.3 Å². The summed E-state index contributed by atoms with van der Waals surface area (Å²) in [6.07, 6.45) is 1.38. The molecule has 7 heteroatoms. The van der Waals surface area contributed by atoms with E-state index in [9.17, 15) is 9.59 Å². The van der Waals surface area contributed by atoms with Gasteiger partial charge in [0, 0.05) is 18.0 Å². The highest BCUT2D eigenvalue weighted by Crippen LogP contribution is 2.38. The zero-order valence-electron chi connectivity index (χ0n) is 12.5. The summed E-state index contributed by atoms with van der Waals surface area (Å²) in [6.45, 7) is 7.06. The number of nitrogens with zero attached hydrogens (tertiary/aromatic N) is 2. The Morgan fingerprint density at radius 1 is 1.48 bits per heavy atom. The monoisotopic (exact) mass is 311 g/mol. The Morgan fingerprint density at radius 3 is 2.71 bits per heavy atom. The number of amides is 1. The highest BCUT2D eigenvalue weighted by molar-refractivity contribution is 7.15. The molecule has 0 spiro atoms. The first-order valence-electron chi connectivity index (χ1n) is 7.25. The second-order valence-corrected chi connectivity index (χ2v) is 6.22. The molecule has 2 unspecified atom stereocenters. The Labute approximate surface area is 128 Å². The van der Waals surface area contributed by atoms with Crippen molar-refractivity contribution in [2.24, 2.45) is 0 Å². The SMILES string of the molecule is CCN(CC)C(=O)C(C)Nc1nc2c(s1)CCC2C(=O)O. The number of likely N-dealkylation sites (N-methyl/N-ethyl adjacent to an activating group) is 1. The van der Waals surface area contributed by atoms with Crippen molar-refractivity contribution < 1.29 is 14.7 Å². The van der Waals surface area contributed by atoms with Crippen LogP contribution in [0.25, 0.3) is 0 Å². The third-order valence-corrected chi connectivity index (χ3v) is 4.86. The zero-order chi connectivity index (χ0) is 15.6. The van der Waals surface area contributed by atoms with Crippen LogP contribution in [-0.2, 0) is 16.0 Å². The van der Waals surface area contributed by atoms with E-state index >= 15 is 0 Å². The first-order valence-corrected chi connectivity index (χ1v) is 8.07. The smallest absolute Gasteiger partial charge is 0.312 e. The molecule has 1 aliphatic carbocycles. The van der Waals surface area contributed by atoms with E-state index in [4.69, 9.17) is 5.11 Å². The molecule has 0 radical (unpaired) electrons. The first kappa shape index (κ1) is 15.8. The lowest BCUT2D eigenvalue weighted by Gasteiger charge is -2.23. The van der Waals surface area contributed by atoms with E-state index in [0.717, 1.165) is 11.3 Å². The van der Waals surface area contributed by atoms with Gasteiger partial charge >= 0.3 is 5.97 Å². The van der Waals surface area contributed by atoms with Crippen LogP contribution in [0.2, 0.25) is 0 Å². The summed E-state index contributed by atoms with van der Waals surface area (Å²) >= 11 is 1.46. The Kier molecular flexibility index (Phi) is 4.82. The third kappa shape index (κ3) is 3.18. The lowest BCUT2D eigenvalue weighted by molar-refractivity contribution is -0.138. The topological polar surface area (TPSA) is 82.5 Å². The van der Waals surface area contributed by atoms with E-state index in [1.165, 1.54) is 11.3 Å². The van der Waals surface area contributed by atoms with Gasteiger partial charge in [-0.2, -0.15) is 0 Å². The van der Waals surface area contributed by atoms with Crippen LogP contribution in [0.1, 0.15) is 43.7 Å². The molecule has 0 aliphatic heterocycles. The van der Waals surface area contributed by atoms with E-state index in [1.54, 1.807) is 4.90 Å². The second-order valence-electron chi connectivity index (χ2n) is 5.13. The predicted octanol–water partition coefficient (Wildman–Crippen LogP) is 1.93. The third-order valence-electron chi connectivity index (χ3n) is 3.80. The summed E-state index contributed by atoms with van der Waals surface area (Å²) in [6, 6.07) is -0.362. The quantitative estimate of drug-likeness (QED) is 0.839. The van der Waals surface area contributed by atoms with Gasteiger partial charge in [0.2, 0.25) is 5.91 Å². The van der Waals surface area contributed by atoms with Crippen LogP contribution in [0.4, 0.5) is 5.13 Å². The number of aryl methyl sites for hydroxylation is 1. The first-order chi connectivity index (χ1) is 9.97. The fourth-order valence-electron chi connectivity index (χ4n) is 2.59. The van der Waals surface area contributed by atoms with Crippen molar-refractivity contribution in [1.29, 1.82) is 0 Å². The van der Waals surface area contributed by atoms with Crippen LogP contribution < -0.4 is 5.32 Å². The number of carboxylic acids is 1. The maximum Gasteiger partial charge on any atom is 0.312 e. The van der Waals surface area contributed by atoms with Crippen LogP contribution >= 0.6 is 11.3 Å². The van der Waals surface area contributed by atoms with Gasteiger partial charge in [-0.1, -0.05) is 0 Å². The summed E-state index contributed by atoms with van der Waals surface area (Å²) in [5.41, 5.74) is 0.664. The highest BCUT2D eigenvalue weighted by atomic mass is 32.1. The Bertz CT molecular complexity index is 540. The molecule has 116 valence electrons. The maximum absolute atomic E-state index is 12.2. The van der Waals surface area contributed by atoms with Crippen molar-refractivity contribution in [2.75, 3.05) is 18.4 Å². The van der Waals surface area contributed by atoms with Crippen LogP contribution in [0.3, 0.4) is 0 Å². The van der Waals surface area contributed by atoms with Crippen molar-refractivity contribution >= 4 is 28.3 Å². The van der Waals surface area contributed by atoms with Gasteiger partial charge in [-0.05, 0) is 33.6 Å². The Hall–Kier alpha value is -1.63. The predicted molar refractivity (Wildman–Crippen MR) is 81.8 cm³/mol. The fourth-order valence-corrected chi connectivity index (χ4v) is 3.71. The molecule has 0 aromatic carbocycles. The minimum absolute atomic E-state index is 0.0325. The van der Waals surface area contributed by atoms with E-state index < -0.39 is 11.9 Å². The molecule has 1 amide bonds. The highest BCUT2D eigenvalue weighted by Gasteiger charge is 2.32. The molecule has 1 aromatic rings. The van der Waals surface area contributed by atoms with Crippen LogP contribution in [0, 0.1) is 0 Å². The van der Waals surface area contributed by atoms with E-state index in [2.05, 4.69) is 10.3 Å². The number of carboxylic acid groups (broad SMARTS) is 1. The van der Waals surface area contributed by atoms with Gasteiger partial charge in [-0.25, -0.2) is 4.98 Å². The molecule has 6 nitrogen and oxygen atoms in total. The average molecular weight is 311 g/mol. The van der Waals surface area contributed by atoms with Gasteiger partial charge < -0.3 is 15.3 Å². The van der Waals surface area contributed by atoms with Crippen LogP contribution in [0.15, 0.2) is 0 Å². The summed E-state index contributed by atoms with van der Waals surface area (Å²) < 4.78 is 0. The molecule has 0 saturated heterocycles. The number of hydrogen-bond donors (Lipinski definition) is 2. The molecule has 0 bridgehead atoms. The largest absolute Gasteiger partial charge is 0.481 e. The van der Waals surface area contributed by atoms with Crippen molar-refractivity contribution in [1.82, 2.24) is 9.88 Å². The average Bonchev–Trinajstić information content (AvgIpc) is 2.98. The normalized spacial score (nSPS) is 18.1. The lowest BCUT2D eigenvalue weighted by atomic mass is 10.1. The summed E-state index contributed by atoms with van der Waals surface area (Å²) in [5, 5.41) is 12.9. The van der Waals surface area contributed by atoms with Gasteiger partial charge in [-0.15, -0.1) is 11.3 Å². The minimum Gasteiger partial charge on any atom is -0.481 e.